The number of non-ortho nitro benzene ring substituents is 1. The number of hydrogen-bond acceptors (Lipinski definition) is 4. The van der Waals surface area contributed by atoms with Crippen molar-refractivity contribution in [3.05, 3.63) is 111 Å². The van der Waals surface area contributed by atoms with Gasteiger partial charge in [-0.05, 0) is 42.3 Å². The van der Waals surface area contributed by atoms with Gasteiger partial charge in [-0.2, -0.15) is 5.10 Å². The molecule has 0 saturated heterocycles. The Morgan fingerprint density at radius 3 is 2.38 bits per heavy atom. The second-order valence-electron chi connectivity index (χ2n) is 7.07. The fraction of sp³-hybridized carbons (Fsp3) is 0.0833. The van der Waals surface area contributed by atoms with Gasteiger partial charge in [0.2, 0.25) is 0 Å². The number of aromatic nitrogens is 2. The molecule has 0 atom stereocenters. The van der Waals surface area contributed by atoms with Crippen LogP contribution in [0.2, 0.25) is 5.02 Å². The van der Waals surface area contributed by atoms with Crippen LogP contribution in [0, 0.1) is 10.1 Å². The molecular formula is C24H19ClN4O3. The van der Waals surface area contributed by atoms with E-state index in [4.69, 9.17) is 11.6 Å². The molecule has 0 spiro atoms. The molecule has 7 nitrogen and oxygen atoms in total. The first-order valence-corrected chi connectivity index (χ1v) is 10.3. The number of carbonyl (C=O) groups excluding carboxylic acids is 1. The highest BCUT2D eigenvalue weighted by Gasteiger charge is 2.19. The molecule has 0 saturated carbocycles. The Morgan fingerprint density at radius 2 is 1.69 bits per heavy atom. The number of para-hydroxylation sites is 1. The lowest BCUT2D eigenvalue weighted by Gasteiger charge is -2.09. The fourth-order valence-corrected chi connectivity index (χ4v) is 3.52. The number of amides is 1. The molecule has 0 fully saturated rings. The van der Waals surface area contributed by atoms with Crippen LogP contribution < -0.4 is 5.32 Å². The highest BCUT2D eigenvalue weighted by molar-refractivity contribution is 6.32. The number of hydrogen-bond donors (Lipinski definition) is 1. The van der Waals surface area contributed by atoms with Crippen molar-refractivity contribution in [3.8, 4) is 16.9 Å². The van der Waals surface area contributed by atoms with E-state index >= 15 is 0 Å². The third-order valence-corrected chi connectivity index (χ3v) is 5.26. The van der Waals surface area contributed by atoms with Crippen LogP contribution in [-0.2, 0) is 6.42 Å². The van der Waals surface area contributed by atoms with E-state index in [0.29, 0.717) is 40.6 Å². The van der Waals surface area contributed by atoms with Crippen molar-refractivity contribution < 1.29 is 9.72 Å². The van der Waals surface area contributed by atoms with Gasteiger partial charge in [0.1, 0.15) is 5.69 Å². The van der Waals surface area contributed by atoms with Gasteiger partial charge in [-0.25, -0.2) is 4.68 Å². The molecule has 4 aromatic rings. The predicted molar refractivity (Wildman–Crippen MR) is 123 cm³/mol. The van der Waals surface area contributed by atoms with Crippen molar-refractivity contribution in [2.45, 2.75) is 6.42 Å². The van der Waals surface area contributed by atoms with Crippen LogP contribution in [0.25, 0.3) is 16.9 Å². The molecule has 1 heterocycles. The van der Waals surface area contributed by atoms with E-state index in [-0.39, 0.29) is 11.6 Å². The minimum atomic E-state index is -0.461. The maximum absolute atomic E-state index is 13.0. The molecule has 8 heteroatoms. The standard InChI is InChI=1S/C24H19ClN4O3/c25-20-8-4-5-9-22(20)28-23(24(30)26-15-14-17-6-2-1-3-7-17)16-21(27-28)18-10-12-19(13-11-18)29(31)32/h1-13,16H,14-15H2,(H,26,30). The Balaban J connectivity index is 1.64. The lowest BCUT2D eigenvalue weighted by atomic mass is 10.1. The van der Waals surface area contributed by atoms with E-state index in [2.05, 4.69) is 10.4 Å². The molecule has 1 N–H and O–H groups in total. The van der Waals surface area contributed by atoms with Crippen molar-refractivity contribution in [1.82, 2.24) is 15.1 Å². The first kappa shape index (κ1) is 21.3. The Labute approximate surface area is 189 Å². The maximum Gasteiger partial charge on any atom is 0.270 e. The summed E-state index contributed by atoms with van der Waals surface area (Å²) < 4.78 is 1.50. The zero-order chi connectivity index (χ0) is 22.5. The minimum Gasteiger partial charge on any atom is -0.350 e. The summed E-state index contributed by atoms with van der Waals surface area (Å²) in [4.78, 5) is 23.5. The molecule has 32 heavy (non-hydrogen) atoms. The van der Waals surface area contributed by atoms with Gasteiger partial charge < -0.3 is 5.32 Å². The molecule has 3 aromatic carbocycles. The SMILES string of the molecule is O=C(NCCc1ccccc1)c1cc(-c2ccc([N+](=O)[O-])cc2)nn1-c1ccccc1Cl. The summed E-state index contributed by atoms with van der Waals surface area (Å²) in [6.07, 6.45) is 0.696. The number of carbonyl (C=O) groups is 1. The maximum atomic E-state index is 13.0. The van der Waals surface area contributed by atoms with Gasteiger partial charge in [-0.3, -0.25) is 14.9 Å². The number of benzene rings is 3. The molecule has 1 amide bonds. The van der Waals surface area contributed by atoms with Crippen LogP contribution in [0.4, 0.5) is 5.69 Å². The summed E-state index contributed by atoms with van der Waals surface area (Å²) in [5, 5.41) is 18.9. The number of nitro groups is 1. The monoisotopic (exact) mass is 446 g/mol. The van der Waals surface area contributed by atoms with Crippen LogP contribution in [0.15, 0.2) is 84.9 Å². The van der Waals surface area contributed by atoms with Gasteiger partial charge in [0.25, 0.3) is 11.6 Å². The summed E-state index contributed by atoms with van der Waals surface area (Å²) in [5.41, 5.74) is 3.15. The summed E-state index contributed by atoms with van der Waals surface area (Å²) in [7, 11) is 0. The lowest BCUT2D eigenvalue weighted by molar-refractivity contribution is -0.384. The Bertz CT molecular complexity index is 1250. The molecule has 1 aromatic heterocycles. The number of nitrogens with zero attached hydrogens (tertiary/aromatic N) is 3. The van der Waals surface area contributed by atoms with E-state index in [9.17, 15) is 14.9 Å². The van der Waals surface area contributed by atoms with Crippen LogP contribution in [0.3, 0.4) is 0 Å². The summed E-state index contributed by atoms with van der Waals surface area (Å²) >= 11 is 6.36. The predicted octanol–water partition coefficient (Wildman–Crippen LogP) is 5.07. The first-order valence-electron chi connectivity index (χ1n) is 9.95. The highest BCUT2D eigenvalue weighted by atomic mass is 35.5. The van der Waals surface area contributed by atoms with Crippen molar-refractivity contribution in [1.29, 1.82) is 0 Å². The van der Waals surface area contributed by atoms with E-state index in [1.807, 2.05) is 36.4 Å². The van der Waals surface area contributed by atoms with Gasteiger partial charge in [0.05, 0.1) is 21.3 Å². The second-order valence-corrected chi connectivity index (χ2v) is 7.48. The highest BCUT2D eigenvalue weighted by Crippen LogP contribution is 2.26. The summed E-state index contributed by atoms with van der Waals surface area (Å²) in [6, 6.07) is 24.7. The zero-order valence-electron chi connectivity index (χ0n) is 16.9. The largest absolute Gasteiger partial charge is 0.350 e. The summed E-state index contributed by atoms with van der Waals surface area (Å²) in [5.74, 6) is -0.290. The zero-order valence-corrected chi connectivity index (χ0v) is 17.7. The van der Waals surface area contributed by atoms with E-state index in [1.54, 1.807) is 36.4 Å². The molecule has 160 valence electrons. The van der Waals surface area contributed by atoms with Crippen LogP contribution in [-0.4, -0.2) is 27.2 Å². The molecule has 0 aliphatic carbocycles. The van der Waals surface area contributed by atoms with Crippen molar-refractivity contribution in [3.63, 3.8) is 0 Å². The third kappa shape index (κ3) is 4.68. The van der Waals surface area contributed by atoms with E-state index in [0.717, 1.165) is 5.56 Å². The van der Waals surface area contributed by atoms with Crippen molar-refractivity contribution >= 4 is 23.2 Å². The number of nitrogens with one attached hydrogen (secondary N) is 1. The van der Waals surface area contributed by atoms with E-state index < -0.39 is 4.92 Å². The van der Waals surface area contributed by atoms with Gasteiger partial charge in [-0.15, -0.1) is 0 Å². The third-order valence-electron chi connectivity index (χ3n) is 4.94. The molecular weight excluding hydrogens is 428 g/mol. The molecule has 0 bridgehead atoms. The topological polar surface area (TPSA) is 90.1 Å². The van der Waals surface area contributed by atoms with Crippen LogP contribution in [0.5, 0.6) is 0 Å². The average Bonchev–Trinajstić information content (AvgIpc) is 3.25. The van der Waals surface area contributed by atoms with Crippen molar-refractivity contribution in [2.24, 2.45) is 0 Å². The van der Waals surface area contributed by atoms with Gasteiger partial charge in [0.15, 0.2) is 0 Å². The molecule has 0 aliphatic rings. The summed E-state index contributed by atoms with van der Waals surface area (Å²) in [6.45, 7) is 0.462. The lowest BCUT2D eigenvalue weighted by Crippen LogP contribution is -2.27. The second kappa shape index (κ2) is 9.45. The van der Waals surface area contributed by atoms with Gasteiger partial charge in [-0.1, -0.05) is 54.1 Å². The fourth-order valence-electron chi connectivity index (χ4n) is 3.30. The molecule has 4 rings (SSSR count). The van der Waals surface area contributed by atoms with Crippen LogP contribution >= 0.6 is 11.6 Å². The smallest absolute Gasteiger partial charge is 0.270 e. The Hall–Kier alpha value is -3.97. The number of halogens is 1. The average molecular weight is 447 g/mol. The van der Waals surface area contributed by atoms with Crippen molar-refractivity contribution in [2.75, 3.05) is 6.54 Å². The van der Waals surface area contributed by atoms with Gasteiger partial charge >= 0.3 is 0 Å². The Morgan fingerprint density at radius 1 is 1.00 bits per heavy atom. The molecule has 0 aliphatic heterocycles. The molecule has 0 unspecified atom stereocenters. The number of rotatable bonds is 7. The first-order chi connectivity index (χ1) is 15.5. The quantitative estimate of drug-likeness (QED) is 0.317. The Kier molecular flexibility index (Phi) is 6.28. The normalized spacial score (nSPS) is 10.7. The number of nitro benzene ring substituents is 1. The van der Waals surface area contributed by atoms with Crippen LogP contribution in [0.1, 0.15) is 16.1 Å². The molecule has 0 radical (unpaired) electrons. The van der Waals surface area contributed by atoms with E-state index in [1.165, 1.54) is 16.8 Å². The van der Waals surface area contributed by atoms with Gasteiger partial charge in [0, 0.05) is 24.2 Å². The minimum absolute atomic E-state index is 0.0156.